The summed E-state index contributed by atoms with van der Waals surface area (Å²) in [6, 6.07) is 12.0. The minimum atomic E-state index is -3.68. The van der Waals surface area contributed by atoms with Crippen LogP contribution in [0.3, 0.4) is 0 Å². The number of benzene rings is 2. The fourth-order valence-electron chi connectivity index (χ4n) is 5.13. The topological polar surface area (TPSA) is 86.8 Å². The van der Waals surface area contributed by atoms with E-state index in [9.17, 15) is 18.0 Å². The predicted molar refractivity (Wildman–Crippen MR) is 159 cm³/mol. The van der Waals surface area contributed by atoms with Gasteiger partial charge in [-0.1, -0.05) is 79.2 Å². The number of carbonyl (C=O) groups is 2. The Morgan fingerprint density at radius 3 is 2.44 bits per heavy atom. The van der Waals surface area contributed by atoms with Crippen molar-refractivity contribution in [3.05, 3.63) is 63.6 Å². The maximum absolute atomic E-state index is 13.6. The Bertz CT molecular complexity index is 1250. The van der Waals surface area contributed by atoms with Crippen LogP contribution in [0.25, 0.3) is 0 Å². The summed E-state index contributed by atoms with van der Waals surface area (Å²) in [7, 11) is -3.68. The number of halogens is 2. The maximum atomic E-state index is 13.6. The van der Waals surface area contributed by atoms with Crippen LogP contribution in [0, 0.1) is 6.92 Å². The third-order valence-corrected chi connectivity index (χ3v) is 8.84. The molecule has 1 aliphatic rings. The Morgan fingerprint density at radius 2 is 1.79 bits per heavy atom. The maximum Gasteiger partial charge on any atom is 0.243 e. The summed E-state index contributed by atoms with van der Waals surface area (Å²) in [6.07, 6.45) is 7.20. The van der Waals surface area contributed by atoms with E-state index in [0.29, 0.717) is 18.0 Å². The molecule has 1 fully saturated rings. The number of nitrogens with one attached hydrogen (secondary N) is 1. The number of sulfonamides is 1. The molecule has 1 N–H and O–H groups in total. The first kappa shape index (κ1) is 31.2. The number of aryl methyl sites for hydroxylation is 1. The normalized spacial score (nSPS) is 15.0. The number of hydrogen-bond acceptors (Lipinski definition) is 4. The van der Waals surface area contributed by atoms with Crippen molar-refractivity contribution in [1.29, 1.82) is 0 Å². The van der Waals surface area contributed by atoms with Crippen molar-refractivity contribution in [1.82, 2.24) is 10.2 Å². The first-order valence-electron chi connectivity index (χ1n) is 13.6. The zero-order valence-electron chi connectivity index (χ0n) is 23.0. The van der Waals surface area contributed by atoms with Crippen LogP contribution >= 0.6 is 23.2 Å². The lowest BCUT2D eigenvalue weighted by Crippen LogP contribution is -2.51. The molecule has 0 bridgehead atoms. The van der Waals surface area contributed by atoms with Crippen LogP contribution in [0.1, 0.15) is 69.4 Å². The summed E-state index contributed by atoms with van der Waals surface area (Å²) in [5.74, 6) is -0.332. The van der Waals surface area contributed by atoms with E-state index < -0.39 is 16.1 Å². The van der Waals surface area contributed by atoms with Crippen molar-refractivity contribution < 1.29 is 18.0 Å². The van der Waals surface area contributed by atoms with Gasteiger partial charge in [-0.25, -0.2) is 8.42 Å². The zero-order chi connectivity index (χ0) is 28.6. The van der Waals surface area contributed by atoms with Crippen LogP contribution in [0.5, 0.6) is 0 Å². The van der Waals surface area contributed by atoms with Gasteiger partial charge < -0.3 is 10.2 Å². The molecule has 0 aliphatic heterocycles. The molecule has 2 aromatic rings. The second-order valence-corrected chi connectivity index (χ2v) is 13.1. The molecular formula is C29H39Cl2N3O4S. The van der Waals surface area contributed by atoms with E-state index in [0.717, 1.165) is 43.1 Å². The predicted octanol–water partition coefficient (Wildman–Crippen LogP) is 6.10. The van der Waals surface area contributed by atoms with Gasteiger partial charge in [-0.3, -0.25) is 13.9 Å². The summed E-state index contributed by atoms with van der Waals surface area (Å²) in [5.41, 5.74) is 2.28. The Morgan fingerprint density at radius 1 is 1.08 bits per heavy atom. The third-order valence-electron chi connectivity index (χ3n) is 7.10. The molecule has 0 radical (unpaired) electrons. The van der Waals surface area contributed by atoms with Crippen LogP contribution < -0.4 is 9.62 Å². The smallest absolute Gasteiger partial charge is 0.243 e. The summed E-state index contributed by atoms with van der Waals surface area (Å²) in [6.45, 7) is 4.25. The fraction of sp³-hybridized carbons (Fsp3) is 0.517. The van der Waals surface area contributed by atoms with E-state index in [-0.39, 0.29) is 48.0 Å². The summed E-state index contributed by atoms with van der Waals surface area (Å²) in [4.78, 5) is 28.7. The van der Waals surface area contributed by atoms with Gasteiger partial charge in [-0.05, 0) is 56.4 Å². The van der Waals surface area contributed by atoms with Crippen LogP contribution in [0.15, 0.2) is 42.5 Å². The molecule has 0 heterocycles. The molecule has 1 saturated carbocycles. The van der Waals surface area contributed by atoms with Crippen molar-refractivity contribution >= 4 is 50.7 Å². The van der Waals surface area contributed by atoms with Gasteiger partial charge in [0.25, 0.3) is 0 Å². The van der Waals surface area contributed by atoms with E-state index in [2.05, 4.69) is 5.32 Å². The highest BCUT2D eigenvalue weighted by Crippen LogP contribution is 2.31. The standard InChI is InChI=1S/C29H39Cl2N3O4S/c1-4-26(29(36)32-24-12-6-5-7-13-24)33(20-22-11-8-10-21(2)18-22)28(35)14-9-17-34(39(3,37)38)27-19-23(30)15-16-25(27)31/h8,10-11,15-16,18-19,24,26H,4-7,9,12-14,17,20H2,1-3H3,(H,32,36). The Hall–Kier alpha value is -2.29. The lowest BCUT2D eigenvalue weighted by Gasteiger charge is -2.33. The van der Waals surface area contributed by atoms with Gasteiger partial charge in [0.15, 0.2) is 0 Å². The van der Waals surface area contributed by atoms with Gasteiger partial charge in [-0.2, -0.15) is 0 Å². The van der Waals surface area contributed by atoms with Crippen molar-refractivity contribution in [3.8, 4) is 0 Å². The summed E-state index contributed by atoms with van der Waals surface area (Å²) in [5, 5.41) is 3.79. The molecular weight excluding hydrogens is 557 g/mol. The third kappa shape index (κ3) is 9.12. The first-order chi connectivity index (χ1) is 18.5. The summed E-state index contributed by atoms with van der Waals surface area (Å²) >= 11 is 12.4. The fourth-order valence-corrected chi connectivity index (χ4v) is 6.54. The van der Waals surface area contributed by atoms with Gasteiger partial charge in [-0.15, -0.1) is 0 Å². The van der Waals surface area contributed by atoms with E-state index >= 15 is 0 Å². The van der Waals surface area contributed by atoms with E-state index in [1.165, 1.54) is 16.8 Å². The van der Waals surface area contributed by atoms with Gasteiger partial charge in [0.2, 0.25) is 21.8 Å². The van der Waals surface area contributed by atoms with Crippen molar-refractivity contribution in [2.45, 2.75) is 83.8 Å². The number of rotatable bonds is 12. The monoisotopic (exact) mass is 595 g/mol. The zero-order valence-corrected chi connectivity index (χ0v) is 25.3. The molecule has 1 unspecified atom stereocenters. The van der Waals surface area contributed by atoms with Crippen molar-refractivity contribution in [2.75, 3.05) is 17.1 Å². The minimum absolute atomic E-state index is 0.0496. The lowest BCUT2D eigenvalue weighted by molar-refractivity contribution is -0.141. The lowest BCUT2D eigenvalue weighted by atomic mass is 9.95. The number of nitrogens with zero attached hydrogens (tertiary/aromatic N) is 2. The number of amides is 2. The molecule has 0 spiro atoms. The molecule has 0 aromatic heterocycles. The molecule has 3 rings (SSSR count). The highest BCUT2D eigenvalue weighted by atomic mass is 35.5. The molecule has 0 saturated heterocycles. The highest BCUT2D eigenvalue weighted by molar-refractivity contribution is 7.92. The van der Waals surface area contributed by atoms with Crippen molar-refractivity contribution in [3.63, 3.8) is 0 Å². The second-order valence-electron chi connectivity index (χ2n) is 10.3. The minimum Gasteiger partial charge on any atom is -0.352 e. The quantitative estimate of drug-likeness (QED) is 0.321. The largest absolute Gasteiger partial charge is 0.352 e. The van der Waals surface area contributed by atoms with Gasteiger partial charge in [0.05, 0.1) is 17.0 Å². The van der Waals surface area contributed by atoms with E-state index in [1.54, 1.807) is 17.0 Å². The average molecular weight is 597 g/mol. The van der Waals surface area contributed by atoms with E-state index in [1.807, 2.05) is 38.1 Å². The molecule has 39 heavy (non-hydrogen) atoms. The van der Waals surface area contributed by atoms with Crippen molar-refractivity contribution in [2.24, 2.45) is 0 Å². The van der Waals surface area contributed by atoms with E-state index in [4.69, 9.17) is 23.2 Å². The van der Waals surface area contributed by atoms with Gasteiger partial charge in [0.1, 0.15) is 6.04 Å². The average Bonchev–Trinajstić information content (AvgIpc) is 2.88. The molecule has 10 heteroatoms. The van der Waals surface area contributed by atoms with Gasteiger partial charge >= 0.3 is 0 Å². The second kappa shape index (κ2) is 14.4. The van der Waals surface area contributed by atoms with Crippen LogP contribution in [-0.2, 0) is 26.2 Å². The molecule has 214 valence electrons. The first-order valence-corrected chi connectivity index (χ1v) is 16.2. The van der Waals surface area contributed by atoms with Crippen LogP contribution in [0.2, 0.25) is 10.0 Å². The molecule has 7 nitrogen and oxygen atoms in total. The Kier molecular flexibility index (Phi) is 11.5. The van der Waals surface area contributed by atoms with Crippen LogP contribution in [-0.4, -0.2) is 50.0 Å². The van der Waals surface area contributed by atoms with Gasteiger partial charge in [0, 0.05) is 30.6 Å². The number of hydrogen-bond donors (Lipinski definition) is 1. The summed E-state index contributed by atoms with van der Waals surface area (Å²) < 4.78 is 26.3. The Labute approximate surface area is 242 Å². The molecule has 1 atom stereocenters. The Balaban J connectivity index is 1.78. The molecule has 2 amide bonds. The highest BCUT2D eigenvalue weighted by Gasteiger charge is 2.30. The molecule has 2 aromatic carbocycles. The SMILES string of the molecule is CCC(C(=O)NC1CCCCC1)N(Cc1cccc(C)c1)C(=O)CCCN(c1cc(Cl)ccc1Cl)S(C)(=O)=O. The molecule has 1 aliphatic carbocycles. The number of anilines is 1. The van der Waals surface area contributed by atoms with Crippen LogP contribution in [0.4, 0.5) is 5.69 Å². The number of carbonyl (C=O) groups excluding carboxylic acids is 2.